The van der Waals surface area contributed by atoms with Crippen LogP contribution in [0.1, 0.15) is 15.9 Å². The van der Waals surface area contributed by atoms with E-state index in [1.54, 1.807) is 30.3 Å². The molecule has 5 atom stereocenters. The maximum absolute atomic E-state index is 13.0. The summed E-state index contributed by atoms with van der Waals surface area (Å²) in [7, 11) is 1.22. The van der Waals surface area contributed by atoms with Gasteiger partial charge in [0.05, 0.1) is 19.3 Å². The number of carbonyl (C=O) groups is 2. The van der Waals surface area contributed by atoms with Gasteiger partial charge in [-0.15, -0.1) is 0 Å². The van der Waals surface area contributed by atoms with Crippen molar-refractivity contribution < 1.29 is 33.6 Å². The molecule has 4 rings (SSSR count). The van der Waals surface area contributed by atoms with Gasteiger partial charge >= 0.3 is 11.9 Å². The average Bonchev–Trinajstić information content (AvgIpc) is 2.91. The van der Waals surface area contributed by atoms with Crippen LogP contribution in [0.4, 0.5) is 0 Å². The minimum Gasteiger partial charge on any atom is -0.467 e. The molecule has 3 aromatic rings. The quantitative estimate of drug-likeness (QED) is 0.473. The van der Waals surface area contributed by atoms with Crippen LogP contribution in [-0.2, 0) is 30.3 Å². The van der Waals surface area contributed by atoms with Crippen LogP contribution in [0.15, 0.2) is 95.9 Å². The summed E-state index contributed by atoms with van der Waals surface area (Å²) < 4.78 is 22.8. The molecule has 0 spiro atoms. The summed E-state index contributed by atoms with van der Waals surface area (Å²) in [5, 5.41) is 11.1. The molecule has 0 bridgehead atoms. The van der Waals surface area contributed by atoms with E-state index in [0.717, 1.165) is 10.5 Å². The van der Waals surface area contributed by atoms with Crippen molar-refractivity contribution in [1.82, 2.24) is 0 Å². The highest BCUT2D eigenvalue weighted by Gasteiger charge is 2.51. The molecule has 0 aliphatic carbocycles. The van der Waals surface area contributed by atoms with Crippen LogP contribution in [0.5, 0.6) is 0 Å². The summed E-state index contributed by atoms with van der Waals surface area (Å²) in [5.74, 6) is -1.33. The van der Waals surface area contributed by atoms with Gasteiger partial charge in [-0.2, -0.15) is 0 Å². The van der Waals surface area contributed by atoms with Crippen LogP contribution in [0.3, 0.4) is 0 Å². The Balaban J connectivity index is 1.65. The SMILES string of the molecule is COC(=O)C1O[C@@H](Sc2ccccc2)C(OC(=O)c2ccccc2)[C@@H](OCc2ccccc2)[C@@H]1O. The number of aliphatic hydroxyl groups excluding tert-OH is 1. The molecule has 0 amide bonds. The third-order valence-corrected chi connectivity index (χ3v) is 6.64. The molecule has 1 saturated heterocycles. The van der Waals surface area contributed by atoms with Gasteiger partial charge in [0, 0.05) is 4.90 Å². The van der Waals surface area contributed by atoms with Crippen molar-refractivity contribution in [2.24, 2.45) is 0 Å². The first-order valence-electron chi connectivity index (χ1n) is 11.1. The lowest BCUT2D eigenvalue weighted by Crippen LogP contribution is -2.61. The molecule has 1 fully saturated rings. The number of aliphatic hydroxyl groups is 1. The first-order valence-corrected chi connectivity index (χ1v) is 12.0. The van der Waals surface area contributed by atoms with E-state index >= 15 is 0 Å². The molecule has 35 heavy (non-hydrogen) atoms. The fourth-order valence-corrected chi connectivity index (χ4v) is 4.81. The normalized spacial score (nSPS) is 23.9. The van der Waals surface area contributed by atoms with Crippen LogP contribution in [0.2, 0.25) is 0 Å². The molecule has 0 radical (unpaired) electrons. The third kappa shape index (κ3) is 6.29. The van der Waals surface area contributed by atoms with Crippen molar-refractivity contribution >= 4 is 23.7 Å². The Hall–Kier alpha value is -3.17. The minimum atomic E-state index is -1.42. The van der Waals surface area contributed by atoms with Crippen LogP contribution in [0.25, 0.3) is 0 Å². The predicted molar refractivity (Wildman–Crippen MR) is 130 cm³/mol. The number of hydrogen-bond acceptors (Lipinski definition) is 8. The van der Waals surface area contributed by atoms with E-state index in [1.807, 2.05) is 60.7 Å². The van der Waals surface area contributed by atoms with Gasteiger partial charge in [0.15, 0.2) is 12.2 Å². The monoisotopic (exact) mass is 494 g/mol. The zero-order valence-corrected chi connectivity index (χ0v) is 19.9. The summed E-state index contributed by atoms with van der Waals surface area (Å²) >= 11 is 1.27. The van der Waals surface area contributed by atoms with Gasteiger partial charge in [-0.05, 0) is 29.8 Å². The topological polar surface area (TPSA) is 91.3 Å². The predicted octanol–water partition coefficient (Wildman–Crippen LogP) is 3.85. The van der Waals surface area contributed by atoms with Gasteiger partial charge in [0.25, 0.3) is 0 Å². The Morgan fingerprint density at radius 3 is 2.11 bits per heavy atom. The first-order chi connectivity index (χ1) is 17.1. The first kappa shape index (κ1) is 24.9. The van der Waals surface area contributed by atoms with E-state index in [1.165, 1.54) is 18.9 Å². The number of methoxy groups -OCH3 is 1. The molecule has 7 nitrogen and oxygen atoms in total. The molecular weight excluding hydrogens is 468 g/mol. The van der Waals surface area contributed by atoms with E-state index in [9.17, 15) is 14.7 Å². The summed E-state index contributed by atoms with van der Waals surface area (Å²) in [6.45, 7) is 0.137. The summed E-state index contributed by atoms with van der Waals surface area (Å²) in [5.41, 5.74) is 0.363. The van der Waals surface area contributed by atoms with Crippen molar-refractivity contribution in [1.29, 1.82) is 0 Å². The number of rotatable bonds is 8. The minimum absolute atomic E-state index is 0.137. The van der Waals surface area contributed by atoms with Gasteiger partial charge in [-0.25, -0.2) is 9.59 Å². The maximum atomic E-state index is 13.0. The van der Waals surface area contributed by atoms with Crippen LogP contribution in [-0.4, -0.2) is 54.0 Å². The molecule has 8 heteroatoms. The molecule has 2 unspecified atom stereocenters. The Morgan fingerprint density at radius 1 is 0.886 bits per heavy atom. The summed E-state index contributed by atoms with van der Waals surface area (Å²) in [4.78, 5) is 26.3. The van der Waals surface area contributed by atoms with Crippen molar-refractivity contribution in [3.05, 3.63) is 102 Å². The molecule has 0 aromatic heterocycles. The number of esters is 2. The van der Waals surface area contributed by atoms with Crippen molar-refractivity contribution in [2.45, 2.75) is 41.4 Å². The lowest BCUT2D eigenvalue weighted by atomic mass is 9.99. The second-order valence-corrected chi connectivity index (χ2v) is 9.04. The van der Waals surface area contributed by atoms with E-state index in [0.29, 0.717) is 5.56 Å². The number of thioether (sulfide) groups is 1. The van der Waals surface area contributed by atoms with E-state index < -0.39 is 41.8 Å². The zero-order valence-electron chi connectivity index (χ0n) is 19.1. The lowest BCUT2D eigenvalue weighted by molar-refractivity contribution is -0.224. The molecule has 0 saturated carbocycles. The van der Waals surface area contributed by atoms with Crippen molar-refractivity contribution in [3.8, 4) is 0 Å². The van der Waals surface area contributed by atoms with E-state index in [4.69, 9.17) is 18.9 Å². The molecular formula is C27H26O7S. The highest BCUT2D eigenvalue weighted by Crippen LogP contribution is 2.37. The van der Waals surface area contributed by atoms with Crippen LogP contribution >= 0.6 is 11.8 Å². The smallest absolute Gasteiger partial charge is 0.338 e. The number of ether oxygens (including phenoxy) is 4. The van der Waals surface area contributed by atoms with Gasteiger partial charge in [0.1, 0.15) is 17.6 Å². The highest BCUT2D eigenvalue weighted by molar-refractivity contribution is 7.99. The van der Waals surface area contributed by atoms with Crippen LogP contribution < -0.4 is 0 Å². The Kier molecular flexibility index (Phi) is 8.54. The van der Waals surface area contributed by atoms with Gasteiger partial charge in [0.2, 0.25) is 0 Å². The Bertz CT molecular complexity index is 1090. The van der Waals surface area contributed by atoms with Crippen molar-refractivity contribution in [2.75, 3.05) is 7.11 Å². The summed E-state index contributed by atoms with van der Waals surface area (Å²) in [6, 6.07) is 27.3. The molecule has 182 valence electrons. The summed E-state index contributed by atoms with van der Waals surface area (Å²) in [6.07, 6.45) is -4.81. The number of carbonyl (C=O) groups excluding carboxylic acids is 2. The Morgan fingerprint density at radius 2 is 1.49 bits per heavy atom. The molecule has 1 aliphatic heterocycles. The Labute approximate surface area is 208 Å². The van der Waals surface area contributed by atoms with Gasteiger partial charge in [-0.3, -0.25) is 0 Å². The van der Waals surface area contributed by atoms with E-state index in [-0.39, 0.29) is 6.61 Å². The standard InChI is InChI=1S/C27H26O7S/c1-31-26(30)23-21(28)22(32-17-18-11-5-2-6-12-18)24(33-25(29)19-13-7-3-8-14-19)27(34-23)35-20-15-9-4-10-16-20/h2-16,21-24,27-28H,17H2,1H3/t21-,22-,23?,24?,27-/m0/s1. The molecule has 3 aromatic carbocycles. The molecule has 1 N–H and O–H groups in total. The zero-order chi connectivity index (χ0) is 24.6. The lowest BCUT2D eigenvalue weighted by Gasteiger charge is -2.42. The van der Waals surface area contributed by atoms with Crippen LogP contribution in [0, 0.1) is 0 Å². The number of benzene rings is 3. The second kappa shape index (κ2) is 12.0. The largest absolute Gasteiger partial charge is 0.467 e. The third-order valence-electron chi connectivity index (χ3n) is 5.49. The van der Waals surface area contributed by atoms with Gasteiger partial charge in [-0.1, -0.05) is 78.5 Å². The van der Waals surface area contributed by atoms with Gasteiger partial charge < -0.3 is 24.1 Å². The fourth-order valence-electron chi connectivity index (χ4n) is 3.71. The number of hydrogen-bond donors (Lipinski definition) is 1. The highest BCUT2D eigenvalue weighted by atomic mass is 32.2. The average molecular weight is 495 g/mol. The maximum Gasteiger partial charge on any atom is 0.338 e. The van der Waals surface area contributed by atoms with E-state index in [2.05, 4.69) is 0 Å². The fraction of sp³-hybridized carbons (Fsp3) is 0.259. The second-order valence-electron chi connectivity index (χ2n) is 7.87. The van der Waals surface area contributed by atoms with Crippen molar-refractivity contribution in [3.63, 3.8) is 0 Å². The molecule has 1 aliphatic rings. The molecule has 1 heterocycles.